The summed E-state index contributed by atoms with van der Waals surface area (Å²) in [6, 6.07) is 39.1. The van der Waals surface area contributed by atoms with E-state index in [0.717, 1.165) is 4.47 Å². The van der Waals surface area contributed by atoms with E-state index in [1.807, 2.05) is 0 Å². The van der Waals surface area contributed by atoms with Gasteiger partial charge in [-0.15, -0.1) is 0 Å². The van der Waals surface area contributed by atoms with Crippen LogP contribution in [-0.4, -0.2) is 0 Å². The molecule has 2 heteroatoms. The summed E-state index contributed by atoms with van der Waals surface area (Å²) in [6.45, 7) is 0. The maximum atomic E-state index is 3.66. The van der Waals surface area contributed by atoms with E-state index in [-0.39, 0.29) is 5.41 Å². The Balaban J connectivity index is 2.14. The Bertz CT molecular complexity index is 931. The lowest BCUT2D eigenvalue weighted by Gasteiger charge is -2.37. The molecule has 0 saturated heterocycles. The van der Waals surface area contributed by atoms with Crippen molar-refractivity contribution in [2.45, 2.75) is 5.41 Å². The fraction of sp³-hybridized carbons (Fsp3) is 0.0400. The zero-order chi connectivity index (χ0) is 18.7. The highest BCUT2D eigenvalue weighted by Gasteiger charge is 2.38. The molecule has 4 rings (SSSR count). The molecule has 0 unspecified atom stereocenters. The summed E-state index contributed by atoms with van der Waals surface area (Å²) in [7, 11) is 0. The molecule has 0 saturated carbocycles. The molecule has 0 heterocycles. The van der Waals surface area contributed by atoms with Gasteiger partial charge in [-0.05, 0) is 72.9 Å². The van der Waals surface area contributed by atoms with E-state index in [9.17, 15) is 0 Å². The van der Waals surface area contributed by atoms with Crippen LogP contribution in [0.4, 0.5) is 0 Å². The smallest absolute Gasteiger partial charge is 0.0622 e. The minimum atomic E-state index is -0.371. The van der Waals surface area contributed by atoms with Crippen molar-refractivity contribution in [3.05, 3.63) is 139 Å². The second-order valence-corrected chi connectivity index (χ2v) is 8.49. The van der Waals surface area contributed by atoms with Gasteiger partial charge in [-0.3, -0.25) is 0 Å². The lowest BCUT2D eigenvalue weighted by molar-refractivity contribution is 0.744. The topological polar surface area (TPSA) is 0 Å². The van der Waals surface area contributed by atoms with Crippen LogP contribution in [0.2, 0.25) is 0 Å². The fourth-order valence-corrected chi connectivity index (χ4v) is 4.56. The number of hydrogen-bond donors (Lipinski definition) is 0. The van der Waals surface area contributed by atoms with Gasteiger partial charge in [0.05, 0.1) is 5.41 Å². The lowest BCUT2D eigenvalue weighted by Crippen LogP contribution is -2.31. The predicted octanol–water partition coefficient (Wildman–Crippen LogP) is 7.44. The molecule has 0 spiro atoms. The molecule has 0 aliphatic heterocycles. The number of halogens is 2. The molecule has 0 N–H and O–H groups in total. The van der Waals surface area contributed by atoms with Crippen LogP contribution in [0.15, 0.2) is 114 Å². The van der Waals surface area contributed by atoms with Crippen molar-refractivity contribution in [1.29, 1.82) is 0 Å². The van der Waals surface area contributed by atoms with E-state index in [1.165, 1.54) is 25.8 Å². The third-order valence-corrected chi connectivity index (χ3v) is 7.30. The van der Waals surface area contributed by atoms with Crippen LogP contribution in [0, 0.1) is 3.57 Å². The number of rotatable bonds is 4. The predicted molar refractivity (Wildman–Crippen MR) is 125 cm³/mol. The number of hydrogen-bond acceptors (Lipinski definition) is 0. The Morgan fingerprint density at radius 3 is 1.30 bits per heavy atom. The van der Waals surface area contributed by atoms with E-state index >= 15 is 0 Å². The molecule has 4 aromatic carbocycles. The molecule has 0 atom stereocenters. The Morgan fingerprint density at radius 1 is 0.519 bits per heavy atom. The van der Waals surface area contributed by atoms with Crippen molar-refractivity contribution in [3.63, 3.8) is 0 Å². The van der Waals surface area contributed by atoms with Crippen molar-refractivity contribution >= 4 is 38.5 Å². The highest BCUT2D eigenvalue weighted by atomic mass is 127. The average Bonchev–Trinajstić information content (AvgIpc) is 2.74. The molecule has 27 heavy (non-hydrogen) atoms. The molecule has 0 aliphatic carbocycles. The van der Waals surface area contributed by atoms with Gasteiger partial charge < -0.3 is 0 Å². The molecule has 132 valence electrons. The summed E-state index contributed by atoms with van der Waals surface area (Å²) in [4.78, 5) is 0. The third kappa shape index (κ3) is 3.37. The summed E-state index contributed by atoms with van der Waals surface area (Å²) in [6.07, 6.45) is 0. The largest absolute Gasteiger partial charge is 0.0701 e. The summed E-state index contributed by atoms with van der Waals surface area (Å²) < 4.78 is 2.33. The van der Waals surface area contributed by atoms with Gasteiger partial charge in [0.1, 0.15) is 0 Å². The van der Waals surface area contributed by atoms with Crippen LogP contribution in [0.1, 0.15) is 22.3 Å². The first-order chi connectivity index (χ1) is 13.2. The second-order valence-electron chi connectivity index (χ2n) is 6.48. The van der Waals surface area contributed by atoms with Gasteiger partial charge in [-0.25, -0.2) is 0 Å². The molecular weight excluding hydrogens is 507 g/mol. The van der Waals surface area contributed by atoms with Crippen molar-refractivity contribution < 1.29 is 0 Å². The third-order valence-electron chi connectivity index (χ3n) is 4.97. The second kappa shape index (κ2) is 7.99. The van der Waals surface area contributed by atoms with Crippen LogP contribution >= 0.6 is 38.5 Å². The molecule has 0 aliphatic rings. The molecular formula is C25H18BrI. The minimum Gasteiger partial charge on any atom is -0.0622 e. The first-order valence-electron chi connectivity index (χ1n) is 8.85. The standard InChI is InChI=1S/C25H18BrI/c26-23-17-16-22(18-24(23)27)25(19-10-4-1-5-11-19,20-12-6-2-7-13-20)21-14-8-3-9-15-21/h1-18H. The minimum absolute atomic E-state index is 0.371. The van der Waals surface area contributed by atoms with Gasteiger partial charge in [0.25, 0.3) is 0 Å². The molecule has 0 radical (unpaired) electrons. The Morgan fingerprint density at radius 2 is 0.926 bits per heavy atom. The van der Waals surface area contributed by atoms with Crippen molar-refractivity contribution in [3.8, 4) is 0 Å². The fourth-order valence-electron chi connectivity index (χ4n) is 3.79. The van der Waals surface area contributed by atoms with Crippen molar-refractivity contribution in [2.75, 3.05) is 0 Å². The first kappa shape index (κ1) is 18.5. The van der Waals surface area contributed by atoms with Gasteiger partial charge in [0.2, 0.25) is 0 Å². The van der Waals surface area contributed by atoms with Crippen LogP contribution in [0.5, 0.6) is 0 Å². The van der Waals surface area contributed by atoms with Crippen LogP contribution in [0.3, 0.4) is 0 Å². The Hall–Kier alpha value is -1.91. The average molecular weight is 525 g/mol. The van der Waals surface area contributed by atoms with E-state index in [0.29, 0.717) is 0 Å². The zero-order valence-corrected chi connectivity index (χ0v) is 18.4. The van der Waals surface area contributed by atoms with Crippen LogP contribution < -0.4 is 0 Å². The van der Waals surface area contributed by atoms with Crippen molar-refractivity contribution in [1.82, 2.24) is 0 Å². The van der Waals surface area contributed by atoms with Crippen LogP contribution in [0.25, 0.3) is 0 Å². The van der Waals surface area contributed by atoms with E-state index < -0.39 is 0 Å². The first-order valence-corrected chi connectivity index (χ1v) is 10.7. The van der Waals surface area contributed by atoms with Gasteiger partial charge in [-0.1, -0.05) is 97.1 Å². The highest BCUT2D eigenvalue weighted by molar-refractivity contribution is 14.1. The zero-order valence-electron chi connectivity index (χ0n) is 14.6. The van der Waals surface area contributed by atoms with Crippen molar-refractivity contribution in [2.24, 2.45) is 0 Å². The van der Waals surface area contributed by atoms with Gasteiger partial charge in [-0.2, -0.15) is 0 Å². The molecule has 4 aromatic rings. The maximum absolute atomic E-state index is 3.66. The van der Waals surface area contributed by atoms with Crippen LogP contribution in [-0.2, 0) is 5.41 Å². The van der Waals surface area contributed by atoms with Gasteiger partial charge in [0.15, 0.2) is 0 Å². The van der Waals surface area contributed by atoms with Gasteiger partial charge >= 0.3 is 0 Å². The molecule has 0 fully saturated rings. The molecule has 0 aromatic heterocycles. The molecule has 0 bridgehead atoms. The summed E-state index contributed by atoms with van der Waals surface area (Å²) in [5.41, 5.74) is 4.69. The normalized spacial score (nSPS) is 11.3. The van der Waals surface area contributed by atoms with E-state index in [4.69, 9.17) is 0 Å². The SMILES string of the molecule is Brc1ccc(C(c2ccccc2)(c2ccccc2)c2ccccc2)cc1I. The monoisotopic (exact) mass is 524 g/mol. The molecule has 0 amide bonds. The highest BCUT2D eigenvalue weighted by Crippen LogP contribution is 2.45. The van der Waals surface area contributed by atoms with E-state index in [2.05, 4.69) is 148 Å². The molecule has 0 nitrogen and oxygen atoms in total. The Kier molecular flexibility index (Phi) is 5.46. The quantitative estimate of drug-likeness (QED) is 0.192. The van der Waals surface area contributed by atoms with Gasteiger partial charge in [0, 0.05) is 8.04 Å². The van der Waals surface area contributed by atoms with E-state index in [1.54, 1.807) is 0 Å². The Labute approximate surface area is 182 Å². The maximum Gasteiger partial charge on any atom is 0.0701 e. The summed E-state index contributed by atoms with van der Waals surface area (Å²) in [5, 5.41) is 0. The number of benzene rings is 4. The lowest BCUT2D eigenvalue weighted by atomic mass is 9.65. The summed E-state index contributed by atoms with van der Waals surface area (Å²) in [5.74, 6) is 0. The summed E-state index contributed by atoms with van der Waals surface area (Å²) >= 11 is 6.06.